The van der Waals surface area contributed by atoms with Crippen LogP contribution in [-0.4, -0.2) is 28.4 Å². The smallest absolute Gasteiger partial charge is 0.353 e. The van der Waals surface area contributed by atoms with Crippen LogP contribution < -0.4 is 10.1 Å². The highest BCUT2D eigenvalue weighted by Crippen LogP contribution is 2.14. The van der Waals surface area contributed by atoms with E-state index in [2.05, 4.69) is 15.5 Å². The average molecular weight is 247 g/mol. The summed E-state index contributed by atoms with van der Waals surface area (Å²) in [6.45, 7) is 0.543. The highest BCUT2D eigenvalue weighted by Gasteiger charge is 2.07. The largest absolute Gasteiger partial charge is 0.497 e. The van der Waals surface area contributed by atoms with Gasteiger partial charge >= 0.3 is 5.97 Å². The number of ether oxygens (including phenoxy) is 1. The number of carboxylic acids is 1. The number of carbonyl (C=O) groups is 1. The maximum atomic E-state index is 10.7. The highest BCUT2D eigenvalue weighted by atomic mass is 16.5. The van der Waals surface area contributed by atoms with Gasteiger partial charge in [0.25, 0.3) is 0 Å². The summed E-state index contributed by atoms with van der Waals surface area (Å²) in [7, 11) is 1.61. The zero-order valence-corrected chi connectivity index (χ0v) is 9.80. The van der Waals surface area contributed by atoms with Crippen LogP contribution in [0.1, 0.15) is 16.1 Å². The molecule has 0 radical (unpaired) electrons. The first kappa shape index (κ1) is 12.0. The molecule has 18 heavy (non-hydrogen) atoms. The normalized spacial score (nSPS) is 10.1. The van der Waals surface area contributed by atoms with Gasteiger partial charge in [0.15, 0.2) is 0 Å². The summed E-state index contributed by atoms with van der Waals surface area (Å²) in [5.41, 5.74) is 1.08. The SMILES string of the molecule is COc1cccc(CNc2cc(C(=O)O)[nH]n2)c1. The standard InChI is InChI=1S/C12H13N3O3/c1-18-9-4-2-3-8(5-9)7-13-11-6-10(12(16)17)14-15-11/h2-6H,7H2,1H3,(H,16,17)(H2,13,14,15). The van der Waals surface area contributed by atoms with Gasteiger partial charge in [0.1, 0.15) is 17.3 Å². The third-order valence-electron chi connectivity index (χ3n) is 2.42. The molecule has 0 aliphatic heterocycles. The summed E-state index contributed by atoms with van der Waals surface area (Å²) in [4.78, 5) is 10.7. The summed E-state index contributed by atoms with van der Waals surface area (Å²) >= 11 is 0. The molecule has 3 N–H and O–H groups in total. The van der Waals surface area contributed by atoms with Gasteiger partial charge < -0.3 is 15.2 Å². The van der Waals surface area contributed by atoms with Crippen LogP contribution in [0.2, 0.25) is 0 Å². The van der Waals surface area contributed by atoms with Gasteiger partial charge in [0.2, 0.25) is 0 Å². The fourth-order valence-electron chi connectivity index (χ4n) is 1.50. The number of hydrogen-bond acceptors (Lipinski definition) is 4. The van der Waals surface area contributed by atoms with E-state index in [4.69, 9.17) is 9.84 Å². The second kappa shape index (κ2) is 5.22. The summed E-state index contributed by atoms with van der Waals surface area (Å²) in [6.07, 6.45) is 0. The number of carboxylic acid groups (broad SMARTS) is 1. The molecule has 0 amide bonds. The van der Waals surface area contributed by atoms with Crippen molar-refractivity contribution in [2.24, 2.45) is 0 Å². The van der Waals surface area contributed by atoms with Crippen molar-refractivity contribution in [2.45, 2.75) is 6.54 Å². The van der Waals surface area contributed by atoms with Crippen LogP contribution in [0.15, 0.2) is 30.3 Å². The molecule has 1 aromatic heterocycles. The quantitative estimate of drug-likeness (QED) is 0.749. The van der Waals surface area contributed by atoms with Crippen LogP contribution in [0.5, 0.6) is 5.75 Å². The van der Waals surface area contributed by atoms with Crippen molar-refractivity contribution in [3.05, 3.63) is 41.6 Å². The number of nitrogens with one attached hydrogen (secondary N) is 2. The second-order valence-corrected chi connectivity index (χ2v) is 3.68. The molecule has 0 unspecified atom stereocenters. The molecule has 6 heteroatoms. The van der Waals surface area contributed by atoms with E-state index in [-0.39, 0.29) is 5.69 Å². The predicted molar refractivity (Wildman–Crippen MR) is 65.9 cm³/mol. The van der Waals surface area contributed by atoms with Crippen molar-refractivity contribution in [3.63, 3.8) is 0 Å². The van der Waals surface area contributed by atoms with Crippen LogP contribution in [0.3, 0.4) is 0 Å². The number of hydrogen-bond donors (Lipinski definition) is 3. The zero-order chi connectivity index (χ0) is 13.0. The summed E-state index contributed by atoms with van der Waals surface area (Å²) in [5, 5.41) is 18.0. The fraction of sp³-hybridized carbons (Fsp3) is 0.167. The van der Waals surface area contributed by atoms with Gasteiger partial charge in [-0.05, 0) is 17.7 Å². The van der Waals surface area contributed by atoms with Crippen LogP contribution in [0, 0.1) is 0 Å². The molecule has 0 fully saturated rings. The fourth-order valence-corrected chi connectivity index (χ4v) is 1.50. The molecule has 1 heterocycles. The molecular weight excluding hydrogens is 234 g/mol. The molecule has 6 nitrogen and oxygen atoms in total. The Morgan fingerprint density at radius 3 is 3.00 bits per heavy atom. The van der Waals surface area contributed by atoms with E-state index < -0.39 is 5.97 Å². The van der Waals surface area contributed by atoms with E-state index >= 15 is 0 Å². The molecule has 0 spiro atoms. The Balaban J connectivity index is 1.99. The van der Waals surface area contributed by atoms with Gasteiger partial charge in [-0.15, -0.1) is 0 Å². The van der Waals surface area contributed by atoms with Crippen molar-refractivity contribution < 1.29 is 14.6 Å². The lowest BCUT2D eigenvalue weighted by Gasteiger charge is -2.05. The number of H-pyrrole nitrogens is 1. The third-order valence-corrected chi connectivity index (χ3v) is 2.42. The minimum atomic E-state index is -1.03. The first-order valence-electron chi connectivity index (χ1n) is 5.34. The van der Waals surface area contributed by atoms with Crippen LogP contribution in [0.4, 0.5) is 5.82 Å². The molecule has 0 aliphatic carbocycles. The molecule has 1 aromatic carbocycles. The molecular formula is C12H13N3O3. The Labute approximate surface area is 104 Å². The van der Waals surface area contributed by atoms with E-state index in [9.17, 15) is 4.79 Å². The summed E-state index contributed by atoms with van der Waals surface area (Å²) in [5.74, 6) is 0.245. The molecule has 0 aliphatic rings. The predicted octanol–water partition coefficient (Wildman–Crippen LogP) is 1.73. The minimum Gasteiger partial charge on any atom is -0.497 e. The van der Waals surface area contributed by atoms with Gasteiger partial charge in [-0.3, -0.25) is 5.10 Å². The first-order valence-corrected chi connectivity index (χ1v) is 5.34. The van der Waals surface area contributed by atoms with E-state index in [0.717, 1.165) is 11.3 Å². The second-order valence-electron chi connectivity index (χ2n) is 3.68. The Morgan fingerprint density at radius 1 is 1.50 bits per heavy atom. The van der Waals surface area contributed by atoms with Crippen LogP contribution in [0.25, 0.3) is 0 Å². The number of aromatic nitrogens is 2. The lowest BCUT2D eigenvalue weighted by atomic mass is 10.2. The first-order chi connectivity index (χ1) is 8.69. The lowest BCUT2D eigenvalue weighted by molar-refractivity contribution is 0.0690. The number of aromatic amines is 1. The van der Waals surface area contributed by atoms with Crippen molar-refractivity contribution >= 4 is 11.8 Å². The van der Waals surface area contributed by atoms with Crippen molar-refractivity contribution in [2.75, 3.05) is 12.4 Å². The zero-order valence-electron chi connectivity index (χ0n) is 9.80. The van der Waals surface area contributed by atoms with Crippen molar-refractivity contribution in [1.29, 1.82) is 0 Å². The van der Waals surface area contributed by atoms with Crippen LogP contribution >= 0.6 is 0 Å². The molecule has 0 saturated carbocycles. The molecule has 0 saturated heterocycles. The van der Waals surface area contributed by atoms with E-state index in [1.165, 1.54) is 6.07 Å². The maximum Gasteiger partial charge on any atom is 0.353 e. The summed E-state index contributed by atoms with van der Waals surface area (Å²) < 4.78 is 5.12. The van der Waals surface area contributed by atoms with Crippen molar-refractivity contribution in [1.82, 2.24) is 10.2 Å². The van der Waals surface area contributed by atoms with E-state index in [1.54, 1.807) is 7.11 Å². The number of rotatable bonds is 5. The third kappa shape index (κ3) is 2.79. The van der Waals surface area contributed by atoms with Crippen LogP contribution in [-0.2, 0) is 6.54 Å². The van der Waals surface area contributed by atoms with E-state index in [0.29, 0.717) is 12.4 Å². The Bertz CT molecular complexity index is 551. The maximum absolute atomic E-state index is 10.7. The van der Waals surface area contributed by atoms with Crippen molar-refractivity contribution in [3.8, 4) is 5.75 Å². The van der Waals surface area contributed by atoms with Gasteiger partial charge in [-0.25, -0.2) is 4.79 Å². The highest BCUT2D eigenvalue weighted by molar-refractivity contribution is 5.86. The Morgan fingerprint density at radius 2 is 2.33 bits per heavy atom. The van der Waals surface area contributed by atoms with Gasteiger partial charge in [-0.1, -0.05) is 12.1 Å². The Hall–Kier alpha value is -2.50. The summed E-state index contributed by atoms with van der Waals surface area (Å²) in [6, 6.07) is 9.05. The lowest BCUT2D eigenvalue weighted by Crippen LogP contribution is -1.99. The monoisotopic (exact) mass is 247 g/mol. The van der Waals surface area contributed by atoms with Gasteiger partial charge in [0.05, 0.1) is 7.11 Å². The number of nitrogens with zero attached hydrogens (tertiary/aromatic N) is 1. The molecule has 0 atom stereocenters. The van der Waals surface area contributed by atoms with Gasteiger partial charge in [-0.2, -0.15) is 5.10 Å². The number of benzene rings is 1. The van der Waals surface area contributed by atoms with E-state index in [1.807, 2.05) is 24.3 Å². The number of anilines is 1. The molecule has 0 bridgehead atoms. The minimum absolute atomic E-state index is 0.0585. The van der Waals surface area contributed by atoms with Gasteiger partial charge in [0, 0.05) is 12.6 Å². The average Bonchev–Trinajstić information content (AvgIpc) is 2.85. The molecule has 2 aromatic rings. The Kier molecular flexibility index (Phi) is 3.47. The molecule has 94 valence electrons. The molecule has 2 rings (SSSR count). The number of aromatic carboxylic acids is 1. The number of methoxy groups -OCH3 is 1. The topological polar surface area (TPSA) is 87.2 Å².